The molecule has 0 aromatic rings. The smallest absolute Gasteiger partial charge is 0.409 e. The lowest BCUT2D eigenvalue weighted by atomic mass is 9.97. The van der Waals surface area contributed by atoms with Crippen LogP contribution in [-0.4, -0.2) is 67.2 Å². The summed E-state index contributed by atoms with van der Waals surface area (Å²) in [6.45, 7) is 3.78. The van der Waals surface area contributed by atoms with Crippen molar-refractivity contribution in [3.05, 3.63) is 0 Å². The van der Waals surface area contributed by atoms with E-state index in [2.05, 4.69) is 0 Å². The average Bonchev–Trinajstić information content (AvgIpc) is 2.84. The summed E-state index contributed by atoms with van der Waals surface area (Å²) < 4.78 is 10.2. The standard InChI is InChI=1S/C15H24N2O5/c1-3-21-14(19)11-5-4-8-17(9-11)13(18)7-6-12-10-16(2)15(20)22-12/h11-12H,3-10H2,1-2H3. The molecule has 7 heteroatoms. The number of esters is 1. The molecule has 2 aliphatic rings. The molecule has 22 heavy (non-hydrogen) atoms. The molecule has 0 N–H and O–H groups in total. The Morgan fingerprint density at radius 2 is 2.14 bits per heavy atom. The van der Waals surface area contributed by atoms with Crippen molar-refractivity contribution in [1.29, 1.82) is 0 Å². The number of amides is 2. The van der Waals surface area contributed by atoms with Crippen molar-refractivity contribution < 1.29 is 23.9 Å². The monoisotopic (exact) mass is 312 g/mol. The number of ether oxygens (including phenoxy) is 2. The highest BCUT2D eigenvalue weighted by molar-refractivity contribution is 5.78. The zero-order chi connectivity index (χ0) is 16.1. The van der Waals surface area contributed by atoms with Gasteiger partial charge in [0.05, 0.1) is 19.1 Å². The van der Waals surface area contributed by atoms with E-state index in [1.165, 1.54) is 4.90 Å². The number of piperidine rings is 1. The quantitative estimate of drug-likeness (QED) is 0.708. The average molecular weight is 312 g/mol. The fourth-order valence-electron chi connectivity index (χ4n) is 2.90. The summed E-state index contributed by atoms with van der Waals surface area (Å²) in [5.74, 6) is -0.418. The number of likely N-dealkylation sites (tertiary alicyclic amines) is 1. The summed E-state index contributed by atoms with van der Waals surface area (Å²) >= 11 is 0. The Balaban J connectivity index is 1.77. The highest BCUT2D eigenvalue weighted by Gasteiger charge is 2.31. The molecule has 0 saturated carbocycles. The zero-order valence-corrected chi connectivity index (χ0v) is 13.2. The van der Waals surface area contributed by atoms with Crippen LogP contribution < -0.4 is 0 Å². The predicted molar refractivity (Wildman–Crippen MR) is 78.1 cm³/mol. The van der Waals surface area contributed by atoms with Crippen LogP contribution in [0.25, 0.3) is 0 Å². The molecule has 2 unspecified atom stereocenters. The molecule has 2 fully saturated rings. The highest BCUT2D eigenvalue weighted by atomic mass is 16.6. The third kappa shape index (κ3) is 4.11. The number of carbonyl (C=O) groups is 3. The fraction of sp³-hybridized carbons (Fsp3) is 0.800. The second kappa shape index (κ2) is 7.47. The van der Waals surface area contributed by atoms with Crippen LogP contribution in [0.1, 0.15) is 32.6 Å². The Morgan fingerprint density at radius 1 is 1.36 bits per heavy atom. The Bertz CT molecular complexity index is 440. The Hall–Kier alpha value is -1.79. The number of carbonyl (C=O) groups excluding carboxylic acids is 3. The molecule has 2 rings (SSSR count). The third-order valence-corrected chi connectivity index (χ3v) is 4.13. The van der Waals surface area contributed by atoms with Gasteiger partial charge in [-0.1, -0.05) is 0 Å². The van der Waals surface area contributed by atoms with E-state index in [-0.39, 0.29) is 30.0 Å². The maximum absolute atomic E-state index is 12.3. The summed E-state index contributed by atoms with van der Waals surface area (Å²) in [5, 5.41) is 0. The van der Waals surface area contributed by atoms with Gasteiger partial charge < -0.3 is 19.3 Å². The van der Waals surface area contributed by atoms with E-state index in [1.54, 1.807) is 18.9 Å². The maximum atomic E-state index is 12.3. The van der Waals surface area contributed by atoms with Gasteiger partial charge >= 0.3 is 12.1 Å². The number of rotatable bonds is 5. The minimum atomic E-state index is -0.335. The molecule has 0 aliphatic carbocycles. The van der Waals surface area contributed by atoms with Crippen LogP contribution >= 0.6 is 0 Å². The molecule has 0 aromatic heterocycles. The fourth-order valence-corrected chi connectivity index (χ4v) is 2.90. The second-order valence-electron chi connectivity index (χ2n) is 5.86. The lowest BCUT2D eigenvalue weighted by Gasteiger charge is -2.31. The Morgan fingerprint density at radius 3 is 2.77 bits per heavy atom. The van der Waals surface area contributed by atoms with Crippen molar-refractivity contribution >= 4 is 18.0 Å². The topological polar surface area (TPSA) is 76.2 Å². The third-order valence-electron chi connectivity index (χ3n) is 4.13. The van der Waals surface area contributed by atoms with E-state index in [0.717, 1.165) is 12.8 Å². The van der Waals surface area contributed by atoms with Crippen molar-refractivity contribution in [2.45, 2.75) is 38.7 Å². The minimum Gasteiger partial charge on any atom is -0.466 e. The molecule has 2 heterocycles. The Labute approximate surface area is 130 Å². The summed E-state index contributed by atoms with van der Waals surface area (Å²) in [6, 6.07) is 0. The molecule has 2 atom stereocenters. The molecular weight excluding hydrogens is 288 g/mol. The van der Waals surface area contributed by atoms with E-state index in [1.807, 2.05) is 0 Å². The van der Waals surface area contributed by atoms with Gasteiger partial charge in [0.2, 0.25) is 5.91 Å². The van der Waals surface area contributed by atoms with Gasteiger partial charge in [0.15, 0.2) is 0 Å². The van der Waals surface area contributed by atoms with Crippen molar-refractivity contribution in [3.8, 4) is 0 Å². The van der Waals surface area contributed by atoms with Crippen LogP contribution in [0.2, 0.25) is 0 Å². The summed E-state index contributed by atoms with van der Waals surface area (Å²) in [5.41, 5.74) is 0. The first-order chi connectivity index (χ1) is 10.5. The van der Waals surface area contributed by atoms with Gasteiger partial charge in [-0.2, -0.15) is 0 Å². The van der Waals surface area contributed by atoms with E-state index < -0.39 is 0 Å². The molecule has 2 saturated heterocycles. The first-order valence-corrected chi connectivity index (χ1v) is 7.87. The molecule has 0 aromatic carbocycles. The van der Waals surface area contributed by atoms with Gasteiger partial charge in [0.1, 0.15) is 6.10 Å². The van der Waals surface area contributed by atoms with Crippen molar-refractivity contribution in [2.75, 3.05) is 33.3 Å². The van der Waals surface area contributed by atoms with Gasteiger partial charge in [0, 0.05) is 26.6 Å². The van der Waals surface area contributed by atoms with E-state index in [0.29, 0.717) is 39.1 Å². The molecule has 0 radical (unpaired) electrons. The van der Waals surface area contributed by atoms with Crippen LogP contribution in [0.15, 0.2) is 0 Å². The normalized spacial score (nSPS) is 25.1. The number of cyclic esters (lactones) is 1. The highest BCUT2D eigenvalue weighted by Crippen LogP contribution is 2.20. The minimum absolute atomic E-state index is 0.0135. The molecule has 124 valence electrons. The molecular formula is C15H24N2O5. The summed E-state index contributed by atoms with van der Waals surface area (Å²) in [7, 11) is 1.68. The largest absolute Gasteiger partial charge is 0.466 e. The Kier molecular flexibility index (Phi) is 5.63. The second-order valence-corrected chi connectivity index (χ2v) is 5.86. The van der Waals surface area contributed by atoms with Crippen molar-refractivity contribution in [1.82, 2.24) is 9.80 Å². The van der Waals surface area contributed by atoms with Gasteiger partial charge in [-0.15, -0.1) is 0 Å². The number of likely N-dealkylation sites (N-methyl/N-ethyl adjacent to an activating group) is 1. The molecule has 2 aliphatic heterocycles. The summed E-state index contributed by atoms with van der Waals surface area (Å²) in [4.78, 5) is 38.5. The van der Waals surface area contributed by atoms with Gasteiger partial charge in [-0.3, -0.25) is 9.59 Å². The van der Waals surface area contributed by atoms with Gasteiger partial charge in [0.25, 0.3) is 0 Å². The first-order valence-electron chi connectivity index (χ1n) is 7.87. The van der Waals surface area contributed by atoms with Crippen LogP contribution in [0.3, 0.4) is 0 Å². The van der Waals surface area contributed by atoms with Crippen LogP contribution in [0.5, 0.6) is 0 Å². The lowest BCUT2D eigenvalue weighted by molar-refractivity contribution is -0.151. The zero-order valence-electron chi connectivity index (χ0n) is 13.2. The van der Waals surface area contributed by atoms with Crippen LogP contribution in [0.4, 0.5) is 4.79 Å². The molecule has 2 amide bonds. The number of nitrogens with zero attached hydrogens (tertiary/aromatic N) is 2. The molecule has 0 spiro atoms. The predicted octanol–water partition coefficient (Wildman–Crippen LogP) is 1.02. The van der Waals surface area contributed by atoms with Crippen molar-refractivity contribution in [2.24, 2.45) is 5.92 Å². The van der Waals surface area contributed by atoms with Crippen LogP contribution in [-0.2, 0) is 19.1 Å². The maximum Gasteiger partial charge on any atom is 0.409 e. The van der Waals surface area contributed by atoms with E-state index >= 15 is 0 Å². The first kappa shape index (κ1) is 16.6. The summed E-state index contributed by atoms with van der Waals surface area (Å²) in [6.07, 6.45) is 1.89. The van der Waals surface area contributed by atoms with Crippen LogP contribution in [0, 0.1) is 5.92 Å². The number of hydrogen-bond donors (Lipinski definition) is 0. The van der Waals surface area contributed by atoms with Crippen molar-refractivity contribution in [3.63, 3.8) is 0 Å². The SMILES string of the molecule is CCOC(=O)C1CCCN(C(=O)CCC2CN(C)C(=O)O2)C1. The van der Waals surface area contributed by atoms with Gasteiger partial charge in [-0.05, 0) is 26.2 Å². The van der Waals surface area contributed by atoms with E-state index in [9.17, 15) is 14.4 Å². The molecule has 0 bridgehead atoms. The number of hydrogen-bond acceptors (Lipinski definition) is 5. The van der Waals surface area contributed by atoms with E-state index in [4.69, 9.17) is 9.47 Å². The van der Waals surface area contributed by atoms with Gasteiger partial charge in [-0.25, -0.2) is 4.79 Å². The lowest BCUT2D eigenvalue weighted by Crippen LogP contribution is -2.43. The molecule has 7 nitrogen and oxygen atoms in total.